The first-order chi connectivity index (χ1) is 22.5. The summed E-state index contributed by atoms with van der Waals surface area (Å²) in [6, 6.07) is 0. The zero-order valence-electron chi connectivity index (χ0n) is 26.9. The number of fused-ring (bicyclic) bond motifs is 5. The molecule has 4 aliphatic heterocycles. The van der Waals surface area contributed by atoms with Gasteiger partial charge in [0.1, 0.15) is 5.60 Å². The van der Waals surface area contributed by atoms with Gasteiger partial charge in [0, 0.05) is 13.0 Å². The third kappa shape index (κ3) is 6.54. The third-order valence-electron chi connectivity index (χ3n) is 10.4. The largest absolute Gasteiger partial charge is 0.472 e. The molecule has 0 spiro atoms. The van der Waals surface area contributed by atoms with Crippen molar-refractivity contribution in [3.05, 3.63) is 58.8 Å². The molecule has 4 heterocycles. The predicted octanol–water partition coefficient (Wildman–Crippen LogP) is 1.11. The lowest BCUT2D eigenvalue weighted by Gasteiger charge is -2.36. The molecular weight excluding hydrogens is 618 g/mol. The average molecular weight is 664 g/mol. The van der Waals surface area contributed by atoms with Crippen LogP contribution >= 0.6 is 0 Å². The van der Waals surface area contributed by atoms with Crippen LogP contribution in [0.2, 0.25) is 0 Å². The molecule has 260 valence electrons. The quantitative estimate of drug-likeness (QED) is 0.139. The van der Waals surface area contributed by atoms with Crippen molar-refractivity contribution in [3.8, 4) is 0 Å². The van der Waals surface area contributed by atoms with Crippen LogP contribution in [0.1, 0.15) is 33.1 Å². The number of epoxide rings is 1. The Balaban J connectivity index is 0.000000140. The van der Waals surface area contributed by atoms with Crippen LogP contribution in [0.4, 0.5) is 4.79 Å². The number of amides is 1. The van der Waals surface area contributed by atoms with E-state index in [0.29, 0.717) is 23.5 Å². The van der Waals surface area contributed by atoms with Gasteiger partial charge in [0.05, 0.1) is 75.1 Å². The lowest BCUT2D eigenvalue weighted by atomic mass is 9.82. The van der Waals surface area contributed by atoms with Gasteiger partial charge in [0.15, 0.2) is 0 Å². The number of allylic oxidation sites excluding steroid dienone is 4. The number of carbonyl (C=O) groups is 2. The molecule has 14 heteroatoms. The minimum Gasteiger partial charge on any atom is -0.472 e. The lowest BCUT2D eigenvalue weighted by Crippen LogP contribution is -2.45. The summed E-state index contributed by atoms with van der Waals surface area (Å²) in [5, 5.41) is 49.4. The monoisotopic (exact) mass is 663 g/mol. The van der Waals surface area contributed by atoms with Crippen LogP contribution in [0.25, 0.3) is 0 Å². The van der Waals surface area contributed by atoms with E-state index < -0.39 is 36.5 Å². The number of esters is 1. The Morgan fingerprint density at radius 1 is 0.894 bits per heavy atom. The summed E-state index contributed by atoms with van der Waals surface area (Å²) >= 11 is 0. The van der Waals surface area contributed by atoms with Gasteiger partial charge in [0.2, 0.25) is 12.6 Å². The van der Waals surface area contributed by atoms with E-state index >= 15 is 0 Å². The van der Waals surface area contributed by atoms with E-state index in [1.54, 1.807) is 12.5 Å². The van der Waals surface area contributed by atoms with Gasteiger partial charge in [-0.25, -0.2) is 9.59 Å². The van der Waals surface area contributed by atoms with Gasteiger partial charge >= 0.3 is 12.1 Å². The Morgan fingerprint density at radius 3 is 2.06 bits per heavy atom. The number of hydrogen-bond acceptors (Lipinski definition) is 13. The first-order valence-electron chi connectivity index (χ1n) is 15.8. The van der Waals surface area contributed by atoms with Crippen LogP contribution < -0.4 is 5.32 Å². The first kappa shape index (κ1) is 34.9. The van der Waals surface area contributed by atoms with Crippen LogP contribution in [-0.2, 0) is 33.2 Å². The molecule has 0 aromatic carbocycles. The topological polar surface area (TPSA) is 206 Å². The molecule has 0 radical (unpaired) electrons. The van der Waals surface area contributed by atoms with Crippen molar-refractivity contribution in [1.82, 2.24) is 5.32 Å². The fraction of sp³-hybridized carbons (Fsp3) is 0.636. The Kier molecular flexibility index (Phi) is 10.7. The average Bonchev–Trinajstić information content (AvgIpc) is 3.41. The summed E-state index contributed by atoms with van der Waals surface area (Å²) in [4.78, 5) is 22.8. The fourth-order valence-corrected chi connectivity index (χ4v) is 7.75. The smallest absolute Gasteiger partial charge is 0.409 e. The summed E-state index contributed by atoms with van der Waals surface area (Å²) in [5.41, 5.74) is 3.71. The fourth-order valence-electron chi connectivity index (χ4n) is 7.75. The highest BCUT2D eigenvalue weighted by molar-refractivity contribution is 5.89. The van der Waals surface area contributed by atoms with Crippen molar-refractivity contribution < 1.29 is 63.5 Å². The van der Waals surface area contributed by atoms with E-state index in [0.717, 1.165) is 29.6 Å². The molecular formula is C33H45NO13. The molecule has 3 aliphatic carbocycles. The Morgan fingerprint density at radius 2 is 1.47 bits per heavy atom. The minimum absolute atomic E-state index is 0.0227. The highest BCUT2D eigenvalue weighted by atomic mass is 16.7. The van der Waals surface area contributed by atoms with E-state index in [1.807, 2.05) is 26.0 Å². The number of aliphatic hydroxyl groups is 5. The second-order valence-electron chi connectivity index (χ2n) is 12.7. The van der Waals surface area contributed by atoms with Gasteiger partial charge < -0.3 is 59.3 Å². The maximum absolute atomic E-state index is 11.5. The van der Waals surface area contributed by atoms with E-state index in [-0.39, 0.29) is 55.5 Å². The molecule has 11 unspecified atom stereocenters. The zero-order valence-corrected chi connectivity index (χ0v) is 26.9. The molecule has 1 saturated carbocycles. The number of hydrogen-bond donors (Lipinski definition) is 6. The molecule has 7 aliphatic rings. The molecule has 0 aromatic rings. The van der Waals surface area contributed by atoms with Crippen molar-refractivity contribution in [2.24, 2.45) is 35.5 Å². The number of methoxy groups -OCH3 is 1. The number of alkyl carbamates (subject to hydrolysis) is 1. The van der Waals surface area contributed by atoms with Gasteiger partial charge in [-0.05, 0) is 67.2 Å². The van der Waals surface area contributed by atoms with Crippen molar-refractivity contribution >= 4 is 12.1 Å². The molecule has 6 N–H and O–H groups in total. The minimum atomic E-state index is -1.00. The number of aliphatic hydroxyl groups excluding tert-OH is 5. The maximum atomic E-state index is 11.5. The van der Waals surface area contributed by atoms with Gasteiger partial charge in [-0.15, -0.1) is 0 Å². The molecule has 47 heavy (non-hydrogen) atoms. The summed E-state index contributed by atoms with van der Waals surface area (Å²) in [6.07, 6.45) is 7.77. The van der Waals surface area contributed by atoms with Crippen LogP contribution in [0.15, 0.2) is 58.8 Å². The summed E-state index contributed by atoms with van der Waals surface area (Å²) < 4.78 is 31.0. The molecule has 11 atom stereocenters. The molecule has 1 amide bonds. The number of ether oxygens (including phenoxy) is 6. The normalized spacial score (nSPS) is 38.4. The van der Waals surface area contributed by atoms with Crippen LogP contribution in [0.3, 0.4) is 0 Å². The maximum Gasteiger partial charge on any atom is 0.409 e. The Bertz CT molecular complexity index is 1350. The third-order valence-corrected chi connectivity index (χ3v) is 10.4. The molecule has 14 nitrogen and oxygen atoms in total. The Labute approximate surface area is 272 Å². The van der Waals surface area contributed by atoms with Crippen molar-refractivity contribution in [2.45, 2.75) is 63.7 Å². The summed E-state index contributed by atoms with van der Waals surface area (Å²) in [7, 11) is 2.80. The molecule has 7 rings (SSSR count). The summed E-state index contributed by atoms with van der Waals surface area (Å²) in [6.45, 7) is 3.81. The highest BCUT2D eigenvalue weighted by Crippen LogP contribution is 2.60. The molecule has 1 saturated heterocycles. The van der Waals surface area contributed by atoms with E-state index in [9.17, 15) is 24.9 Å². The second-order valence-corrected chi connectivity index (χ2v) is 12.7. The predicted molar refractivity (Wildman–Crippen MR) is 162 cm³/mol. The van der Waals surface area contributed by atoms with Crippen molar-refractivity contribution in [1.29, 1.82) is 0 Å². The van der Waals surface area contributed by atoms with E-state index in [2.05, 4.69) is 10.1 Å². The van der Waals surface area contributed by atoms with Crippen LogP contribution in [0.5, 0.6) is 0 Å². The number of nitrogens with one attached hydrogen (secondary N) is 1. The van der Waals surface area contributed by atoms with Gasteiger partial charge in [-0.1, -0.05) is 12.2 Å². The lowest BCUT2D eigenvalue weighted by molar-refractivity contribution is -0.144. The first-order valence-corrected chi connectivity index (χ1v) is 15.8. The number of carbonyl (C=O) groups excluding carboxylic acids is 2. The van der Waals surface area contributed by atoms with Crippen LogP contribution in [-0.4, -0.2) is 102 Å². The van der Waals surface area contributed by atoms with Gasteiger partial charge in [0.25, 0.3) is 6.29 Å². The Hall–Kier alpha value is -3.40. The van der Waals surface area contributed by atoms with E-state index in [1.165, 1.54) is 20.4 Å². The highest BCUT2D eigenvalue weighted by Gasteiger charge is 2.72. The van der Waals surface area contributed by atoms with Gasteiger partial charge in [-0.2, -0.15) is 0 Å². The summed E-state index contributed by atoms with van der Waals surface area (Å²) in [5.74, 6) is -0.535. The van der Waals surface area contributed by atoms with E-state index in [4.69, 9.17) is 33.9 Å². The van der Waals surface area contributed by atoms with Gasteiger partial charge in [-0.3, -0.25) is 0 Å². The van der Waals surface area contributed by atoms with Crippen molar-refractivity contribution in [3.63, 3.8) is 0 Å². The SMILES string of the molecule is CC1=COC(O)C2C(CO)=CCC12.CNC(=O)OC1OC=C(C)C2CC3OC3(CO)C12.COC(=O)C1=COC(O)C2C(CO)=CCC12. The molecule has 0 bridgehead atoms. The zero-order chi connectivity index (χ0) is 34.0. The molecule has 2 fully saturated rings. The standard InChI is InChI=1S/C12H17NO5.C11H14O5.C10H14O3/c1-6-4-16-10(17-11(15)13-2)9-7(6)3-8-12(9,5-14)18-8;1-15-10(13)8-5-16-11(14)9-6(4-12)2-3-7(8)9;1-6-5-13-10(12)9-7(4-11)2-3-8(6)9/h4,7-10,14H,3,5H2,1-2H3,(H,13,15);2,5,7,9,11-12,14H,3-4H2,1H3;2,5,8-12H,3-4H2,1H3. The van der Waals surface area contributed by atoms with Crippen molar-refractivity contribution in [2.75, 3.05) is 34.0 Å². The second kappa shape index (κ2) is 14.4. The molecule has 0 aromatic heterocycles. The number of rotatable bonds is 5. The van der Waals surface area contributed by atoms with Crippen LogP contribution in [0, 0.1) is 35.5 Å².